The highest BCUT2D eigenvalue weighted by Crippen LogP contribution is 2.43. The highest BCUT2D eigenvalue weighted by molar-refractivity contribution is 7.26. The van der Waals surface area contributed by atoms with Crippen LogP contribution in [-0.2, 0) is 0 Å². The lowest BCUT2D eigenvalue weighted by atomic mass is 10.00. The van der Waals surface area contributed by atoms with Crippen LogP contribution < -0.4 is 0 Å². The van der Waals surface area contributed by atoms with Crippen LogP contribution >= 0.6 is 11.3 Å². The molecule has 3 heterocycles. The Bertz CT molecular complexity index is 3220. The summed E-state index contributed by atoms with van der Waals surface area (Å²) in [5, 5.41) is 2.23. The van der Waals surface area contributed by atoms with Crippen molar-refractivity contribution in [2.24, 2.45) is 0 Å². The highest BCUT2D eigenvalue weighted by Gasteiger charge is 2.18. The smallest absolute Gasteiger partial charge is 0.164 e. The van der Waals surface area contributed by atoms with E-state index in [1.54, 1.807) is 11.3 Å². The molecule has 0 aliphatic rings. The Hall–Kier alpha value is -6.43. The quantitative estimate of drug-likeness (QED) is 0.184. The van der Waals surface area contributed by atoms with Gasteiger partial charge in [-0.15, -0.1) is 11.3 Å². The summed E-state index contributed by atoms with van der Waals surface area (Å²) in [4.78, 5) is 14.5. The molecule has 0 saturated heterocycles. The molecule has 7 aromatic carbocycles. The molecule has 0 atom stereocenters. The summed E-state index contributed by atoms with van der Waals surface area (Å²) in [6.45, 7) is 0. The third kappa shape index (κ3) is 4.79. The molecule has 50 heavy (non-hydrogen) atoms. The number of nitrogens with zero attached hydrogens (tertiary/aromatic N) is 3. The van der Waals surface area contributed by atoms with Gasteiger partial charge in [0.1, 0.15) is 11.2 Å². The number of hydrogen-bond acceptors (Lipinski definition) is 5. The zero-order valence-corrected chi connectivity index (χ0v) is 27.1. The average molecular weight is 664 g/mol. The number of hydrogen-bond donors (Lipinski definition) is 0. The van der Waals surface area contributed by atoms with Crippen molar-refractivity contribution in [2.75, 3.05) is 0 Å². The van der Waals surface area contributed by atoms with Crippen molar-refractivity contribution < 1.29 is 12.6 Å². The first kappa shape index (κ1) is 23.0. The van der Waals surface area contributed by atoms with E-state index in [4.69, 9.17) is 23.5 Å². The van der Waals surface area contributed by atoms with Gasteiger partial charge in [0.15, 0.2) is 17.5 Å². The van der Waals surface area contributed by atoms with Crippen molar-refractivity contribution in [3.8, 4) is 56.4 Å². The molecular formula is C45H27N3OS. The third-order valence-electron chi connectivity index (χ3n) is 8.85. The Morgan fingerprint density at radius 2 is 1.14 bits per heavy atom. The number of para-hydroxylation sites is 1. The Labute approximate surface area is 300 Å². The van der Waals surface area contributed by atoms with Gasteiger partial charge >= 0.3 is 0 Å². The predicted molar refractivity (Wildman–Crippen MR) is 207 cm³/mol. The molecule has 5 heteroatoms. The lowest BCUT2D eigenvalue weighted by molar-refractivity contribution is 0.670. The largest absolute Gasteiger partial charge is 0.455 e. The first-order chi connectivity index (χ1) is 27.3. The third-order valence-corrected chi connectivity index (χ3v) is 10.1. The van der Waals surface area contributed by atoms with Crippen molar-refractivity contribution >= 4 is 53.4 Å². The Morgan fingerprint density at radius 1 is 0.480 bits per heavy atom. The number of aromatic nitrogens is 3. The molecule has 10 rings (SSSR count). The van der Waals surface area contributed by atoms with Gasteiger partial charge in [-0.3, -0.25) is 0 Å². The minimum atomic E-state index is -0.331. The van der Waals surface area contributed by atoms with Crippen LogP contribution in [-0.4, -0.2) is 15.0 Å². The van der Waals surface area contributed by atoms with Gasteiger partial charge in [-0.1, -0.05) is 139 Å². The van der Waals surface area contributed by atoms with Crippen molar-refractivity contribution in [1.82, 2.24) is 15.0 Å². The predicted octanol–water partition coefficient (Wildman–Crippen LogP) is 12.5. The van der Waals surface area contributed by atoms with Crippen LogP contribution in [0.3, 0.4) is 0 Å². The molecule has 0 N–H and O–H groups in total. The molecule has 0 bridgehead atoms. The summed E-state index contributed by atoms with van der Waals surface area (Å²) in [7, 11) is 0. The Morgan fingerprint density at radius 3 is 1.98 bits per heavy atom. The summed E-state index contributed by atoms with van der Waals surface area (Å²) in [6.07, 6.45) is 0. The van der Waals surface area contributed by atoms with E-state index in [1.165, 1.54) is 0 Å². The van der Waals surface area contributed by atoms with Crippen LogP contribution in [0.2, 0.25) is 0 Å². The fourth-order valence-electron chi connectivity index (χ4n) is 6.46. The van der Waals surface area contributed by atoms with Crippen LogP contribution in [0.15, 0.2) is 168 Å². The summed E-state index contributed by atoms with van der Waals surface area (Å²) in [5.74, 6) is 0.677. The molecular weight excluding hydrogens is 631 g/mol. The van der Waals surface area contributed by atoms with Gasteiger partial charge in [0, 0.05) is 58.8 Å². The molecule has 0 unspecified atom stereocenters. The van der Waals surface area contributed by atoms with Crippen LogP contribution in [0.5, 0.6) is 0 Å². The van der Waals surface area contributed by atoms with E-state index in [0.29, 0.717) is 33.9 Å². The maximum Gasteiger partial charge on any atom is 0.164 e. The highest BCUT2D eigenvalue weighted by atomic mass is 32.1. The van der Waals surface area contributed by atoms with E-state index in [0.717, 1.165) is 31.3 Å². The molecule has 0 spiro atoms. The van der Waals surface area contributed by atoms with E-state index in [2.05, 4.69) is 0 Å². The fourth-order valence-corrected chi connectivity index (χ4v) is 7.69. The number of furan rings is 1. The topological polar surface area (TPSA) is 51.8 Å². The van der Waals surface area contributed by atoms with Gasteiger partial charge in [-0.05, 0) is 35.3 Å². The fraction of sp³-hybridized carbons (Fsp3) is 0. The second-order valence-electron chi connectivity index (χ2n) is 11.9. The van der Waals surface area contributed by atoms with E-state index in [-0.39, 0.29) is 69.6 Å². The number of rotatable bonds is 5. The molecule has 0 amide bonds. The number of thiophene rings is 1. The van der Waals surface area contributed by atoms with E-state index >= 15 is 0 Å². The number of benzene rings is 7. The molecule has 0 saturated carbocycles. The van der Waals surface area contributed by atoms with Gasteiger partial charge in [-0.25, -0.2) is 15.0 Å². The minimum Gasteiger partial charge on any atom is -0.455 e. The normalized spacial score (nSPS) is 13.3. The molecule has 4 nitrogen and oxygen atoms in total. The lowest BCUT2D eigenvalue weighted by Crippen LogP contribution is -2.00. The van der Waals surface area contributed by atoms with Crippen molar-refractivity contribution in [1.29, 1.82) is 0 Å². The first-order valence-electron chi connectivity index (χ1n) is 19.1. The van der Waals surface area contributed by atoms with E-state index in [1.807, 2.05) is 127 Å². The SMILES string of the molecule is [2H]c1c([2H])c([2H])c2c(oc3c([2H])c(-c4nc(-c5ccccc5)nc(-c5cccc(-c6ccccc6)c5)n4)c([2H])c([2H])c32)c1-c1cccc2c1sc1ccccc12. The Kier molecular flexibility index (Phi) is 5.35. The minimum absolute atomic E-state index is 0.0218. The monoisotopic (exact) mass is 663 g/mol. The zero-order chi connectivity index (χ0) is 38.2. The second-order valence-corrected chi connectivity index (χ2v) is 13.0. The number of fused-ring (bicyclic) bond motifs is 6. The van der Waals surface area contributed by atoms with Crippen LogP contribution in [0.1, 0.15) is 8.22 Å². The molecule has 0 fully saturated rings. The second kappa shape index (κ2) is 11.6. The van der Waals surface area contributed by atoms with Crippen LogP contribution in [0.4, 0.5) is 0 Å². The molecule has 0 aliphatic heterocycles. The van der Waals surface area contributed by atoms with Crippen molar-refractivity contribution in [3.05, 3.63) is 164 Å². The maximum atomic E-state index is 9.55. The molecule has 3 aromatic heterocycles. The van der Waals surface area contributed by atoms with Crippen LogP contribution in [0, 0.1) is 0 Å². The average Bonchev–Trinajstić information content (AvgIpc) is 3.83. The van der Waals surface area contributed by atoms with Crippen LogP contribution in [0.25, 0.3) is 98.5 Å². The summed E-state index contributed by atoms with van der Waals surface area (Å²) in [5.41, 5.74) is 4.38. The summed E-state index contributed by atoms with van der Waals surface area (Å²) in [6, 6.07) is 39.3. The van der Waals surface area contributed by atoms with Gasteiger partial charge in [0.05, 0.1) is 8.22 Å². The van der Waals surface area contributed by atoms with Crippen molar-refractivity contribution in [3.63, 3.8) is 0 Å². The van der Waals surface area contributed by atoms with Gasteiger partial charge in [-0.2, -0.15) is 0 Å². The summed E-state index contributed by atoms with van der Waals surface area (Å²) < 4.78 is 63.7. The van der Waals surface area contributed by atoms with Gasteiger partial charge < -0.3 is 4.42 Å². The van der Waals surface area contributed by atoms with E-state index < -0.39 is 0 Å². The van der Waals surface area contributed by atoms with Gasteiger partial charge in [0.2, 0.25) is 0 Å². The molecule has 0 radical (unpaired) electrons. The Balaban J connectivity index is 1.24. The van der Waals surface area contributed by atoms with E-state index in [9.17, 15) is 4.11 Å². The van der Waals surface area contributed by atoms with Gasteiger partial charge in [0.25, 0.3) is 0 Å². The molecule has 234 valence electrons. The lowest BCUT2D eigenvalue weighted by Gasteiger charge is -2.09. The first-order valence-corrected chi connectivity index (χ1v) is 16.9. The summed E-state index contributed by atoms with van der Waals surface area (Å²) >= 11 is 1.56. The molecule has 0 aliphatic carbocycles. The standard InChI is InChI=1S/C45H27N3OS/c1-3-12-28(13-4-1)30-16-9-17-31(26-30)44-46-43(29-14-5-2-6-15-29)47-45(48-44)32-24-25-33-35-19-10-20-36(41(35)49-39(33)27-32)38-22-11-21-37-34-18-7-8-23-40(34)50-42(37)38/h1-27H/i10D,19D,20D,24D,25D,27D. The zero-order valence-electron chi connectivity index (χ0n) is 32.3. The molecule has 10 aromatic rings. The maximum absolute atomic E-state index is 9.55. The van der Waals surface area contributed by atoms with Crippen molar-refractivity contribution in [2.45, 2.75) is 0 Å².